The average Bonchev–Trinajstić information content (AvgIpc) is 2.63. The summed E-state index contributed by atoms with van der Waals surface area (Å²) in [6.07, 6.45) is 27.6. The van der Waals surface area contributed by atoms with Crippen molar-refractivity contribution in [3.05, 3.63) is 35.3 Å². The molecule has 0 nitrogen and oxygen atoms in total. The van der Waals surface area contributed by atoms with Gasteiger partial charge >= 0.3 is 0 Å². The number of unbranched alkanes of at least 4 members (excludes halogenated alkanes) is 12. The fourth-order valence-electron chi connectivity index (χ4n) is 2.89. The zero-order chi connectivity index (χ0) is 18.4. The molecule has 145 valence electrons. The second-order valence-corrected chi connectivity index (χ2v) is 9.26. The molecule has 0 aromatic heterocycles. The molecule has 0 aliphatic heterocycles. The van der Waals surface area contributed by atoms with Crippen LogP contribution in [0.3, 0.4) is 0 Å². The van der Waals surface area contributed by atoms with Crippen LogP contribution in [-0.2, 0) is 0 Å². The molecule has 0 aliphatic carbocycles. The van der Waals surface area contributed by atoms with Gasteiger partial charge in [0.05, 0.1) is 0 Å². The first kappa shape index (κ1) is 24.4. The molecule has 0 saturated carbocycles. The normalized spacial score (nSPS) is 12.5. The van der Waals surface area contributed by atoms with Crippen LogP contribution < -0.4 is 0 Å². The highest BCUT2D eigenvalue weighted by atomic mass is 28.3. The van der Waals surface area contributed by atoms with Crippen LogP contribution >= 0.6 is 0 Å². The van der Waals surface area contributed by atoms with E-state index in [9.17, 15) is 0 Å². The second-order valence-electron chi connectivity index (χ2n) is 7.26. The molecule has 0 unspecified atom stereocenters. The maximum absolute atomic E-state index is 2.52. The Morgan fingerprint density at radius 2 is 0.760 bits per heavy atom. The van der Waals surface area contributed by atoms with Crippen molar-refractivity contribution in [3.8, 4) is 0 Å². The average molecular weight is 362 g/mol. The van der Waals surface area contributed by atoms with E-state index >= 15 is 0 Å². The van der Waals surface area contributed by atoms with Gasteiger partial charge in [0.2, 0.25) is 0 Å². The van der Waals surface area contributed by atoms with Gasteiger partial charge in [0.1, 0.15) is 8.80 Å². The summed E-state index contributed by atoms with van der Waals surface area (Å²) in [5, 5.41) is 0. The van der Waals surface area contributed by atoms with Crippen molar-refractivity contribution >= 4 is 8.80 Å². The number of rotatable bonds is 18. The van der Waals surface area contributed by atoms with Crippen molar-refractivity contribution in [2.75, 3.05) is 0 Å². The van der Waals surface area contributed by atoms with Crippen LogP contribution in [0.2, 0.25) is 0 Å². The van der Waals surface area contributed by atoms with Gasteiger partial charge in [-0.2, -0.15) is 0 Å². The number of hydrogen-bond acceptors (Lipinski definition) is 0. The van der Waals surface area contributed by atoms with E-state index in [-0.39, 0.29) is 0 Å². The molecule has 0 rings (SSSR count). The van der Waals surface area contributed by atoms with E-state index in [2.05, 4.69) is 56.1 Å². The Bertz CT molecular complexity index is 275. The molecule has 0 amide bonds. The molecule has 1 heteroatoms. The maximum atomic E-state index is 2.52. The minimum atomic E-state index is -0.564. The molecular formula is C24H45Si. The van der Waals surface area contributed by atoms with Crippen LogP contribution in [0.1, 0.15) is 117 Å². The zero-order valence-corrected chi connectivity index (χ0v) is 18.6. The third-order valence-electron chi connectivity index (χ3n) is 4.60. The zero-order valence-electron chi connectivity index (χ0n) is 17.6. The lowest BCUT2D eigenvalue weighted by atomic mass is 10.2. The first-order valence-electron chi connectivity index (χ1n) is 11.2. The summed E-state index contributed by atoms with van der Waals surface area (Å²) in [7, 11) is -0.564. The van der Waals surface area contributed by atoms with Gasteiger partial charge in [-0.1, -0.05) is 114 Å². The second kappa shape index (κ2) is 21.5. The van der Waals surface area contributed by atoms with Crippen LogP contribution in [0.5, 0.6) is 0 Å². The fraction of sp³-hybridized carbons (Fsp3) is 0.750. The van der Waals surface area contributed by atoms with E-state index in [1.165, 1.54) is 96.3 Å². The molecular weight excluding hydrogens is 316 g/mol. The molecule has 0 N–H and O–H groups in total. The standard InChI is InChI=1S/C24H45Si/c1-4-7-10-13-16-19-22-25(23-20-17-14-11-8-5-2)24-21-18-15-12-9-6-3/h19-24H,4-18H2,1-3H3/b22-19+,23-20+,24-21+. The summed E-state index contributed by atoms with van der Waals surface area (Å²) < 4.78 is 0. The van der Waals surface area contributed by atoms with E-state index < -0.39 is 8.80 Å². The molecule has 0 bridgehead atoms. The Balaban J connectivity index is 4.17. The Kier molecular flexibility index (Phi) is 21.0. The Hall–Kier alpha value is -0.563. The van der Waals surface area contributed by atoms with Gasteiger partial charge < -0.3 is 0 Å². The minimum Gasteiger partial charge on any atom is -0.0922 e. The number of allylic oxidation sites excluding steroid dienone is 3. The minimum absolute atomic E-state index is 0.564. The topological polar surface area (TPSA) is 0 Å². The van der Waals surface area contributed by atoms with Crippen LogP contribution in [0, 0.1) is 0 Å². The maximum Gasteiger partial charge on any atom is 0.130 e. The molecule has 0 atom stereocenters. The third-order valence-corrected chi connectivity index (χ3v) is 6.47. The first-order chi connectivity index (χ1) is 12.3. The summed E-state index contributed by atoms with van der Waals surface area (Å²) in [6.45, 7) is 6.86. The predicted molar refractivity (Wildman–Crippen MR) is 119 cm³/mol. The Labute approximate surface area is 161 Å². The summed E-state index contributed by atoms with van der Waals surface area (Å²) in [4.78, 5) is 0. The van der Waals surface area contributed by atoms with Crippen molar-refractivity contribution in [1.29, 1.82) is 0 Å². The lowest BCUT2D eigenvalue weighted by Gasteiger charge is -2.01. The summed E-state index contributed by atoms with van der Waals surface area (Å²) in [5.41, 5.74) is 7.55. The first-order valence-corrected chi connectivity index (χ1v) is 12.9. The van der Waals surface area contributed by atoms with Crippen molar-refractivity contribution < 1.29 is 0 Å². The van der Waals surface area contributed by atoms with E-state index in [0.29, 0.717) is 0 Å². The smallest absolute Gasteiger partial charge is 0.0922 e. The van der Waals surface area contributed by atoms with Crippen LogP contribution in [0.15, 0.2) is 35.3 Å². The van der Waals surface area contributed by atoms with Gasteiger partial charge in [-0.15, -0.1) is 0 Å². The van der Waals surface area contributed by atoms with Gasteiger partial charge in [0.15, 0.2) is 0 Å². The highest BCUT2D eigenvalue weighted by Gasteiger charge is 1.97. The highest BCUT2D eigenvalue weighted by molar-refractivity contribution is 6.74. The Morgan fingerprint density at radius 1 is 0.440 bits per heavy atom. The van der Waals surface area contributed by atoms with Crippen molar-refractivity contribution in [3.63, 3.8) is 0 Å². The summed E-state index contributed by atoms with van der Waals surface area (Å²) >= 11 is 0. The molecule has 0 fully saturated rings. The Morgan fingerprint density at radius 3 is 1.04 bits per heavy atom. The van der Waals surface area contributed by atoms with Crippen LogP contribution in [-0.4, -0.2) is 8.80 Å². The predicted octanol–water partition coefficient (Wildman–Crippen LogP) is 8.68. The number of hydrogen-bond donors (Lipinski definition) is 0. The highest BCUT2D eigenvalue weighted by Crippen LogP contribution is 2.07. The van der Waals surface area contributed by atoms with Gasteiger partial charge in [-0.3, -0.25) is 0 Å². The molecule has 0 saturated heterocycles. The van der Waals surface area contributed by atoms with E-state index in [4.69, 9.17) is 0 Å². The lowest BCUT2D eigenvalue weighted by Crippen LogP contribution is -2.01. The van der Waals surface area contributed by atoms with Crippen molar-refractivity contribution in [2.24, 2.45) is 0 Å². The van der Waals surface area contributed by atoms with Crippen LogP contribution in [0.25, 0.3) is 0 Å². The monoisotopic (exact) mass is 361 g/mol. The summed E-state index contributed by atoms with van der Waals surface area (Å²) in [6, 6.07) is 0. The van der Waals surface area contributed by atoms with Crippen LogP contribution in [0.4, 0.5) is 0 Å². The lowest BCUT2D eigenvalue weighted by molar-refractivity contribution is 0.674. The largest absolute Gasteiger partial charge is 0.130 e. The van der Waals surface area contributed by atoms with Gasteiger partial charge in [-0.25, -0.2) is 0 Å². The van der Waals surface area contributed by atoms with Gasteiger partial charge in [0, 0.05) is 0 Å². The van der Waals surface area contributed by atoms with Crippen molar-refractivity contribution in [2.45, 2.75) is 117 Å². The fourth-order valence-corrected chi connectivity index (χ4v) is 4.54. The van der Waals surface area contributed by atoms with Gasteiger partial charge in [0.25, 0.3) is 0 Å². The molecule has 25 heavy (non-hydrogen) atoms. The molecule has 0 aromatic rings. The molecule has 0 aliphatic rings. The molecule has 1 radical (unpaired) electrons. The van der Waals surface area contributed by atoms with E-state index in [1.807, 2.05) is 0 Å². The SMILES string of the molecule is CCCCCC/C=C/[Si](/C=C/CCCCCC)/C=C/CCCCCC. The molecule has 0 heterocycles. The third kappa shape index (κ3) is 19.6. The van der Waals surface area contributed by atoms with Gasteiger partial charge in [-0.05, 0) is 38.5 Å². The molecule has 0 aromatic carbocycles. The summed E-state index contributed by atoms with van der Waals surface area (Å²) in [5.74, 6) is 0. The molecule has 0 spiro atoms. The van der Waals surface area contributed by atoms with Crippen molar-refractivity contribution in [1.82, 2.24) is 0 Å². The van der Waals surface area contributed by atoms with E-state index in [1.54, 1.807) is 0 Å². The van der Waals surface area contributed by atoms with E-state index in [0.717, 1.165) is 0 Å². The quantitative estimate of drug-likeness (QED) is 0.169.